The van der Waals surface area contributed by atoms with Crippen LogP contribution < -0.4 is 10.6 Å². The number of nitrogens with one attached hydrogen (secondary N) is 2. The second-order valence-corrected chi connectivity index (χ2v) is 6.66. The van der Waals surface area contributed by atoms with Gasteiger partial charge in [0.05, 0.1) is 0 Å². The summed E-state index contributed by atoms with van der Waals surface area (Å²) >= 11 is 0. The molecule has 0 saturated carbocycles. The smallest absolute Gasteiger partial charge is 0.224 e. The molecule has 1 amide bonds. The number of carbonyl (C=O) groups is 1. The zero-order chi connectivity index (χ0) is 16.9. The van der Waals surface area contributed by atoms with E-state index in [4.69, 9.17) is 0 Å². The summed E-state index contributed by atoms with van der Waals surface area (Å²) in [6.07, 6.45) is 4.56. The van der Waals surface area contributed by atoms with E-state index in [2.05, 4.69) is 27.8 Å². The molecule has 0 spiro atoms. The highest BCUT2D eigenvalue weighted by atomic mass is 16.1. The quantitative estimate of drug-likeness (QED) is 0.885. The lowest BCUT2D eigenvalue weighted by atomic mass is 9.84. The molecule has 2 heterocycles. The molecule has 1 fully saturated rings. The normalized spacial score (nSPS) is 16.8. The van der Waals surface area contributed by atoms with Gasteiger partial charge in [-0.15, -0.1) is 10.2 Å². The Morgan fingerprint density at radius 2 is 2.21 bits per heavy atom. The molecular weight excluding hydrogens is 302 g/mol. The van der Waals surface area contributed by atoms with Crippen LogP contribution in [-0.4, -0.2) is 33.8 Å². The molecule has 1 atom stereocenters. The Hall–Kier alpha value is -2.21. The van der Waals surface area contributed by atoms with E-state index in [-0.39, 0.29) is 5.91 Å². The van der Waals surface area contributed by atoms with E-state index in [1.54, 1.807) is 6.33 Å². The van der Waals surface area contributed by atoms with Crippen LogP contribution in [0.15, 0.2) is 30.6 Å². The van der Waals surface area contributed by atoms with Gasteiger partial charge in [0.25, 0.3) is 0 Å². The Morgan fingerprint density at radius 3 is 2.92 bits per heavy atom. The summed E-state index contributed by atoms with van der Waals surface area (Å²) in [6, 6.07) is 7.75. The predicted octanol–water partition coefficient (Wildman–Crippen LogP) is 2.45. The summed E-state index contributed by atoms with van der Waals surface area (Å²) in [6.45, 7) is 4.32. The summed E-state index contributed by atoms with van der Waals surface area (Å²) in [5.41, 5.74) is 1.75. The average Bonchev–Trinajstić information content (AvgIpc) is 3.02. The van der Waals surface area contributed by atoms with Gasteiger partial charge in [0.2, 0.25) is 5.91 Å². The van der Waals surface area contributed by atoms with Gasteiger partial charge in [-0.25, -0.2) is 0 Å². The largest absolute Gasteiger partial charge is 0.326 e. The number of carbonyl (C=O) groups excluding carboxylic acids is 1. The lowest BCUT2D eigenvalue weighted by Crippen LogP contribution is -2.32. The van der Waals surface area contributed by atoms with Gasteiger partial charge in [0.1, 0.15) is 6.33 Å². The van der Waals surface area contributed by atoms with Crippen molar-refractivity contribution in [1.82, 2.24) is 20.1 Å². The number of aromatic nitrogens is 3. The van der Waals surface area contributed by atoms with Gasteiger partial charge in [-0.1, -0.05) is 19.1 Å². The third-order valence-electron chi connectivity index (χ3n) is 4.81. The van der Waals surface area contributed by atoms with Crippen LogP contribution in [0.25, 0.3) is 11.4 Å². The van der Waals surface area contributed by atoms with Crippen molar-refractivity contribution in [3.63, 3.8) is 0 Å². The fourth-order valence-electron chi connectivity index (χ4n) is 3.37. The van der Waals surface area contributed by atoms with Crippen molar-refractivity contribution in [3.05, 3.63) is 30.6 Å². The molecule has 0 radical (unpaired) electrons. The van der Waals surface area contributed by atoms with E-state index in [1.165, 1.54) is 0 Å². The number of anilines is 1. The first kappa shape index (κ1) is 16.6. The van der Waals surface area contributed by atoms with Crippen molar-refractivity contribution in [2.45, 2.75) is 26.2 Å². The van der Waals surface area contributed by atoms with Crippen LogP contribution >= 0.6 is 0 Å². The third kappa shape index (κ3) is 4.00. The summed E-state index contributed by atoms with van der Waals surface area (Å²) in [5, 5.41) is 14.4. The SMILES string of the molecule is CC(CC(=O)Nc1cccc(-c2nncn2C)c1)C1CCNCC1. The molecule has 1 aromatic heterocycles. The first-order valence-corrected chi connectivity index (χ1v) is 8.58. The van der Waals surface area contributed by atoms with E-state index >= 15 is 0 Å². The minimum Gasteiger partial charge on any atom is -0.326 e. The predicted molar refractivity (Wildman–Crippen MR) is 94.4 cm³/mol. The molecule has 1 saturated heterocycles. The van der Waals surface area contributed by atoms with Gasteiger partial charge < -0.3 is 15.2 Å². The van der Waals surface area contributed by atoms with Crippen molar-refractivity contribution in [2.75, 3.05) is 18.4 Å². The number of hydrogen-bond donors (Lipinski definition) is 2. The van der Waals surface area contributed by atoms with Gasteiger partial charge in [-0.05, 0) is 49.9 Å². The molecule has 1 aliphatic heterocycles. The summed E-state index contributed by atoms with van der Waals surface area (Å²) in [7, 11) is 1.90. The average molecular weight is 327 g/mol. The molecule has 2 N–H and O–H groups in total. The molecule has 2 aromatic rings. The van der Waals surface area contributed by atoms with Gasteiger partial charge in [0.15, 0.2) is 5.82 Å². The van der Waals surface area contributed by atoms with Crippen LogP contribution in [0.5, 0.6) is 0 Å². The number of amides is 1. The van der Waals surface area contributed by atoms with Gasteiger partial charge in [0, 0.05) is 24.7 Å². The van der Waals surface area contributed by atoms with Gasteiger partial charge >= 0.3 is 0 Å². The fraction of sp³-hybridized carbons (Fsp3) is 0.500. The zero-order valence-corrected chi connectivity index (χ0v) is 14.3. The number of piperidine rings is 1. The lowest BCUT2D eigenvalue weighted by Gasteiger charge is -2.27. The maximum absolute atomic E-state index is 12.4. The van der Waals surface area contributed by atoms with Gasteiger partial charge in [-0.3, -0.25) is 4.79 Å². The maximum atomic E-state index is 12.4. The molecule has 3 rings (SSSR count). The van der Waals surface area contributed by atoms with Crippen LogP contribution in [-0.2, 0) is 11.8 Å². The molecule has 6 heteroatoms. The number of nitrogens with zero attached hydrogens (tertiary/aromatic N) is 3. The molecule has 0 bridgehead atoms. The fourth-order valence-corrected chi connectivity index (χ4v) is 3.37. The van der Waals surface area contributed by atoms with Crippen LogP contribution in [0, 0.1) is 11.8 Å². The third-order valence-corrected chi connectivity index (χ3v) is 4.81. The van der Waals surface area contributed by atoms with Crippen molar-refractivity contribution in [1.29, 1.82) is 0 Å². The number of hydrogen-bond acceptors (Lipinski definition) is 4. The van der Waals surface area contributed by atoms with E-state index in [0.29, 0.717) is 18.3 Å². The maximum Gasteiger partial charge on any atom is 0.224 e. The zero-order valence-electron chi connectivity index (χ0n) is 14.3. The number of rotatable bonds is 5. The highest BCUT2D eigenvalue weighted by Crippen LogP contribution is 2.25. The van der Waals surface area contributed by atoms with E-state index in [0.717, 1.165) is 43.0 Å². The molecule has 0 aliphatic carbocycles. The summed E-state index contributed by atoms with van der Waals surface area (Å²) in [4.78, 5) is 12.4. The molecule has 1 aromatic carbocycles. The van der Waals surface area contributed by atoms with E-state index < -0.39 is 0 Å². The standard InChI is InChI=1S/C18H25N5O/c1-13(14-6-8-19-9-7-14)10-17(24)21-16-5-3-4-15(11-16)18-22-20-12-23(18)2/h3-5,11-14,19H,6-10H2,1-2H3,(H,21,24). The minimum absolute atomic E-state index is 0.0798. The Morgan fingerprint density at radius 1 is 1.42 bits per heavy atom. The molecule has 128 valence electrons. The number of benzene rings is 1. The molecule has 24 heavy (non-hydrogen) atoms. The molecular formula is C18H25N5O. The van der Waals surface area contributed by atoms with Crippen molar-refractivity contribution >= 4 is 11.6 Å². The van der Waals surface area contributed by atoms with Crippen LogP contribution in [0.4, 0.5) is 5.69 Å². The van der Waals surface area contributed by atoms with Crippen molar-refractivity contribution < 1.29 is 4.79 Å². The van der Waals surface area contributed by atoms with E-state index in [1.807, 2.05) is 35.9 Å². The highest BCUT2D eigenvalue weighted by Gasteiger charge is 2.22. The Balaban J connectivity index is 1.61. The monoisotopic (exact) mass is 327 g/mol. The Labute approximate surface area is 142 Å². The second kappa shape index (κ2) is 7.57. The highest BCUT2D eigenvalue weighted by molar-refractivity contribution is 5.91. The van der Waals surface area contributed by atoms with Crippen LogP contribution in [0.3, 0.4) is 0 Å². The Kier molecular flexibility index (Phi) is 5.25. The van der Waals surface area contributed by atoms with E-state index in [9.17, 15) is 4.79 Å². The van der Waals surface area contributed by atoms with Crippen molar-refractivity contribution in [3.8, 4) is 11.4 Å². The van der Waals surface area contributed by atoms with Crippen LogP contribution in [0.1, 0.15) is 26.2 Å². The first-order valence-electron chi connectivity index (χ1n) is 8.58. The number of aryl methyl sites for hydroxylation is 1. The lowest BCUT2D eigenvalue weighted by molar-refractivity contribution is -0.117. The molecule has 6 nitrogen and oxygen atoms in total. The summed E-state index contributed by atoms with van der Waals surface area (Å²) in [5.74, 6) is 1.92. The topological polar surface area (TPSA) is 71.8 Å². The van der Waals surface area contributed by atoms with Gasteiger partial charge in [-0.2, -0.15) is 0 Å². The first-order chi connectivity index (χ1) is 11.6. The molecule has 1 aliphatic rings. The second-order valence-electron chi connectivity index (χ2n) is 6.66. The Bertz CT molecular complexity index is 690. The summed E-state index contributed by atoms with van der Waals surface area (Å²) < 4.78 is 1.86. The molecule has 1 unspecified atom stereocenters. The minimum atomic E-state index is 0.0798. The van der Waals surface area contributed by atoms with Crippen molar-refractivity contribution in [2.24, 2.45) is 18.9 Å². The van der Waals surface area contributed by atoms with Crippen LogP contribution in [0.2, 0.25) is 0 Å².